The van der Waals surface area contributed by atoms with Crippen LogP contribution in [0.15, 0.2) is 18.2 Å². The summed E-state index contributed by atoms with van der Waals surface area (Å²) in [4.78, 5) is 29.8. The van der Waals surface area contributed by atoms with Crippen molar-refractivity contribution in [2.75, 3.05) is 26.2 Å². The topological polar surface area (TPSA) is 49.9 Å². The number of piperidine rings is 1. The second-order valence-corrected chi connectivity index (χ2v) is 8.76. The van der Waals surface area contributed by atoms with Crippen LogP contribution in [0.1, 0.15) is 61.0 Å². The zero-order valence-corrected chi connectivity index (χ0v) is 17.2. The average molecular weight is 385 g/mol. The molecule has 2 aliphatic heterocycles. The van der Waals surface area contributed by atoms with Gasteiger partial charge in [-0.15, -0.1) is 0 Å². The molecule has 1 aliphatic carbocycles. The Hall–Kier alpha value is -1.88. The van der Waals surface area contributed by atoms with Gasteiger partial charge in [-0.1, -0.05) is 6.07 Å². The molecular weight excluding hydrogens is 352 g/mol. The fourth-order valence-corrected chi connectivity index (χ4v) is 4.99. The average Bonchev–Trinajstić information content (AvgIpc) is 2.72. The molecule has 2 saturated heterocycles. The third-order valence-corrected chi connectivity index (χ3v) is 6.46. The number of aryl methyl sites for hydroxylation is 2. The van der Waals surface area contributed by atoms with E-state index in [-0.39, 0.29) is 29.9 Å². The highest BCUT2D eigenvalue weighted by molar-refractivity contribution is 5.94. The Labute approximate surface area is 168 Å². The van der Waals surface area contributed by atoms with Crippen molar-refractivity contribution in [2.45, 2.75) is 64.6 Å². The van der Waals surface area contributed by atoms with Gasteiger partial charge in [0.1, 0.15) is 0 Å². The first-order valence-electron chi connectivity index (χ1n) is 10.9. The zero-order chi connectivity index (χ0) is 19.7. The molecule has 0 unspecified atom stereocenters. The molecule has 1 aromatic carbocycles. The number of nitrogens with zero attached hydrogens (tertiary/aromatic N) is 2. The van der Waals surface area contributed by atoms with Crippen LogP contribution in [0, 0.1) is 5.92 Å². The second-order valence-electron chi connectivity index (χ2n) is 8.76. The first-order chi connectivity index (χ1) is 13.5. The fourth-order valence-electron chi connectivity index (χ4n) is 4.99. The number of amides is 2. The van der Waals surface area contributed by atoms with Gasteiger partial charge in [-0.25, -0.2) is 0 Å². The molecule has 0 saturated carbocycles. The summed E-state index contributed by atoms with van der Waals surface area (Å²) >= 11 is 0. The molecule has 2 amide bonds. The Bertz CT molecular complexity index is 729. The molecule has 5 heteroatoms. The number of carbonyl (C=O) groups is 2. The summed E-state index contributed by atoms with van der Waals surface area (Å²) in [5.41, 5.74) is 3.56. The molecule has 0 aromatic heterocycles. The Kier molecular flexibility index (Phi) is 5.72. The quantitative estimate of drug-likeness (QED) is 0.787. The molecule has 0 bridgehead atoms. The fraction of sp³-hybridized carbons (Fsp3) is 0.652. The highest BCUT2D eigenvalue weighted by Gasteiger charge is 2.33. The van der Waals surface area contributed by atoms with E-state index in [0.717, 1.165) is 31.2 Å². The molecule has 3 aliphatic rings. The largest absolute Gasteiger partial charge is 0.372 e. The van der Waals surface area contributed by atoms with Crippen molar-refractivity contribution in [3.8, 4) is 0 Å². The Balaban J connectivity index is 1.35. The SMILES string of the molecule is C[C@H]1CN(C(=O)C2CCN(C(=O)c3ccc4c(c3)CCCC4)CC2)C[C@H](C)O1. The molecule has 152 valence electrons. The van der Waals surface area contributed by atoms with Gasteiger partial charge in [-0.2, -0.15) is 0 Å². The molecule has 0 N–H and O–H groups in total. The summed E-state index contributed by atoms with van der Waals surface area (Å²) < 4.78 is 5.74. The van der Waals surface area contributed by atoms with E-state index in [9.17, 15) is 9.59 Å². The summed E-state index contributed by atoms with van der Waals surface area (Å²) in [7, 11) is 0. The number of fused-ring (bicyclic) bond motifs is 1. The monoisotopic (exact) mass is 384 g/mol. The van der Waals surface area contributed by atoms with Crippen LogP contribution in [0.5, 0.6) is 0 Å². The number of hydrogen-bond acceptors (Lipinski definition) is 3. The van der Waals surface area contributed by atoms with Gasteiger partial charge in [-0.3, -0.25) is 9.59 Å². The van der Waals surface area contributed by atoms with Crippen LogP contribution in [-0.2, 0) is 22.4 Å². The van der Waals surface area contributed by atoms with Crippen molar-refractivity contribution in [2.24, 2.45) is 5.92 Å². The van der Waals surface area contributed by atoms with E-state index < -0.39 is 0 Å². The lowest BCUT2D eigenvalue weighted by Crippen LogP contribution is -2.51. The highest BCUT2D eigenvalue weighted by Crippen LogP contribution is 2.26. The van der Waals surface area contributed by atoms with Crippen LogP contribution >= 0.6 is 0 Å². The summed E-state index contributed by atoms with van der Waals surface area (Å²) in [6, 6.07) is 6.23. The van der Waals surface area contributed by atoms with Gasteiger partial charge < -0.3 is 14.5 Å². The highest BCUT2D eigenvalue weighted by atomic mass is 16.5. The lowest BCUT2D eigenvalue weighted by atomic mass is 9.90. The first-order valence-corrected chi connectivity index (χ1v) is 10.9. The van der Waals surface area contributed by atoms with Gasteiger partial charge in [0, 0.05) is 37.7 Å². The van der Waals surface area contributed by atoms with Gasteiger partial charge in [-0.05, 0) is 75.6 Å². The van der Waals surface area contributed by atoms with Gasteiger partial charge in [0.2, 0.25) is 5.91 Å². The summed E-state index contributed by atoms with van der Waals surface area (Å²) in [5.74, 6) is 0.390. The van der Waals surface area contributed by atoms with Gasteiger partial charge >= 0.3 is 0 Å². The van der Waals surface area contributed by atoms with E-state index in [2.05, 4.69) is 12.1 Å². The Morgan fingerprint density at radius 2 is 1.57 bits per heavy atom. The standard InChI is InChI=1S/C23H32N2O3/c1-16-14-25(15-17(2)28-16)22(26)19-9-11-24(12-10-19)23(27)21-8-7-18-5-3-4-6-20(18)13-21/h7-8,13,16-17,19H,3-6,9-12,14-15H2,1-2H3/t16-,17-/m0/s1. The maximum Gasteiger partial charge on any atom is 0.253 e. The van der Waals surface area contributed by atoms with Crippen molar-refractivity contribution >= 4 is 11.8 Å². The number of benzene rings is 1. The van der Waals surface area contributed by atoms with E-state index in [1.54, 1.807) is 0 Å². The lowest BCUT2D eigenvalue weighted by Gasteiger charge is -2.39. The molecule has 0 radical (unpaired) electrons. The Morgan fingerprint density at radius 3 is 2.25 bits per heavy atom. The molecule has 4 rings (SSSR count). The van der Waals surface area contributed by atoms with Crippen molar-refractivity contribution in [3.63, 3.8) is 0 Å². The number of carbonyl (C=O) groups excluding carboxylic acids is 2. The van der Waals surface area contributed by atoms with Crippen LogP contribution < -0.4 is 0 Å². The van der Waals surface area contributed by atoms with Crippen molar-refractivity contribution < 1.29 is 14.3 Å². The molecule has 2 fully saturated rings. The van der Waals surface area contributed by atoms with Crippen LogP contribution in [0.3, 0.4) is 0 Å². The van der Waals surface area contributed by atoms with Crippen molar-refractivity contribution in [1.82, 2.24) is 9.80 Å². The van der Waals surface area contributed by atoms with Crippen LogP contribution in [-0.4, -0.2) is 60.0 Å². The number of ether oxygens (including phenoxy) is 1. The predicted molar refractivity (Wildman–Crippen MR) is 108 cm³/mol. The Morgan fingerprint density at radius 1 is 0.929 bits per heavy atom. The third kappa shape index (κ3) is 4.09. The summed E-state index contributed by atoms with van der Waals surface area (Å²) in [6.07, 6.45) is 6.40. The molecule has 2 atom stereocenters. The van der Waals surface area contributed by atoms with E-state index in [0.29, 0.717) is 26.2 Å². The van der Waals surface area contributed by atoms with Crippen molar-refractivity contribution in [3.05, 3.63) is 34.9 Å². The third-order valence-electron chi connectivity index (χ3n) is 6.46. The normalized spacial score (nSPS) is 26.1. The van der Waals surface area contributed by atoms with Gasteiger partial charge in [0.25, 0.3) is 5.91 Å². The maximum atomic E-state index is 13.0. The summed E-state index contributed by atoms with van der Waals surface area (Å²) in [5, 5.41) is 0. The second kappa shape index (κ2) is 8.24. The van der Waals surface area contributed by atoms with Gasteiger partial charge in [0.15, 0.2) is 0 Å². The maximum absolute atomic E-state index is 13.0. The minimum Gasteiger partial charge on any atom is -0.372 e. The number of hydrogen-bond donors (Lipinski definition) is 0. The number of morpholine rings is 1. The number of rotatable bonds is 2. The molecule has 28 heavy (non-hydrogen) atoms. The summed E-state index contributed by atoms with van der Waals surface area (Å²) in [6.45, 7) is 6.74. The molecule has 1 aromatic rings. The molecular formula is C23H32N2O3. The lowest BCUT2D eigenvalue weighted by molar-refractivity contribution is -0.148. The van der Waals surface area contributed by atoms with E-state index in [1.807, 2.05) is 29.7 Å². The van der Waals surface area contributed by atoms with Crippen molar-refractivity contribution in [1.29, 1.82) is 0 Å². The zero-order valence-electron chi connectivity index (χ0n) is 17.2. The van der Waals surface area contributed by atoms with Crippen LogP contribution in [0.4, 0.5) is 0 Å². The molecule has 0 spiro atoms. The van der Waals surface area contributed by atoms with Gasteiger partial charge in [0.05, 0.1) is 12.2 Å². The number of likely N-dealkylation sites (tertiary alicyclic amines) is 1. The smallest absolute Gasteiger partial charge is 0.253 e. The van der Waals surface area contributed by atoms with E-state index in [1.165, 1.54) is 24.0 Å². The molecule has 2 heterocycles. The minimum absolute atomic E-state index is 0.0325. The van der Waals surface area contributed by atoms with Crippen LogP contribution in [0.2, 0.25) is 0 Å². The first kappa shape index (κ1) is 19.4. The van der Waals surface area contributed by atoms with Crippen LogP contribution in [0.25, 0.3) is 0 Å². The van der Waals surface area contributed by atoms with E-state index in [4.69, 9.17) is 4.74 Å². The van der Waals surface area contributed by atoms with E-state index >= 15 is 0 Å². The molecule has 5 nitrogen and oxygen atoms in total. The minimum atomic E-state index is 0.0325. The predicted octanol–water partition coefficient (Wildman–Crippen LogP) is 3.05.